The van der Waals surface area contributed by atoms with E-state index >= 15 is 0 Å². The summed E-state index contributed by atoms with van der Waals surface area (Å²) in [4.78, 5) is 31.3. The fraction of sp³-hybridized carbons (Fsp3) is 0.211. The van der Waals surface area contributed by atoms with Crippen molar-refractivity contribution in [3.63, 3.8) is 0 Å². The van der Waals surface area contributed by atoms with Crippen LogP contribution in [-0.2, 0) is 11.3 Å². The lowest BCUT2D eigenvalue weighted by Gasteiger charge is -2.25. The zero-order chi connectivity index (χ0) is 18.1. The van der Waals surface area contributed by atoms with E-state index in [1.54, 1.807) is 27.8 Å². The van der Waals surface area contributed by atoms with E-state index in [9.17, 15) is 9.59 Å². The normalized spacial score (nSPS) is 14.3. The molecule has 3 heterocycles. The molecule has 0 radical (unpaired) electrons. The van der Waals surface area contributed by atoms with E-state index in [0.717, 1.165) is 16.7 Å². The SMILES string of the molecule is CC[C@H](C(=O)Nc1nccs1)N1Cc2ccc(-c3ccsc3)cc2C1=O. The molecule has 1 atom stereocenters. The van der Waals surface area contributed by atoms with Crippen molar-refractivity contribution in [2.24, 2.45) is 0 Å². The van der Waals surface area contributed by atoms with Crippen LogP contribution in [0.4, 0.5) is 5.13 Å². The molecule has 7 heteroatoms. The number of nitrogens with zero attached hydrogens (tertiary/aromatic N) is 2. The maximum atomic E-state index is 13.0. The monoisotopic (exact) mass is 383 g/mol. The molecule has 2 amide bonds. The second-order valence-corrected chi connectivity index (χ2v) is 7.74. The minimum atomic E-state index is -0.511. The Morgan fingerprint density at radius 3 is 2.88 bits per heavy atom. The van der Waals surface area contributed by atoms with Gasteiger partial charge in [0.15, 0.2) is 5.13 Å². The lowest BCUT2D eigenvalue weighted by Crippen LogP contribution is -2.43. The van der Waals surface area contributed by atoms with Crippen molar-refractivity contribution in [3.05, 3.63) is 57.7 Å². The van der Waals surface area contributed by atoms with Crippen LogP contribution in [0.25, 0.3) is 11.1 Å². The lowest BCUT2D eigenvalue weighted by molar-refractivity contribution is -0.120. The Balaban J connectivity index is 1.57. The number of hydrogen-bond acceptors (Lipinski definition) is 5. The van der Waals surface area contributed by atoms with Gasteiger partial charge in [0.05, 0.1) is 0 Å². The highest BCUT2D eigenvalue weighted by Gasteiger charge is 2.35. The van der Waals surface area contributed by atoms with E-state index in [1.807, 2.05) is 36.6 Å². The van der Waals surface area contributed by atoms with E-state index < -0.39 is 6.04 Å². The Labute approximate surface area is 159 Å². The van der Waals surface area contributed by atoms with Gasteiger partial charge in [0.1, 0.15) is 6.04 Å². The van der Waals surface area contributed by atoms with Gasteiger partial charge >= 0.3 is 0 Å². The number of thiophene rings is 1. The van der Waals surface area contributed by atoms with Gasteiger partial charge in [0.25, 0.3) is 5.91 Å². The molecule has 0 saturated heterocycles. The zero-order valence-corrected chi connectivity index (χ0v) is 15.8. The number of carbonyl (C=O) groups is 2. The second kappa shape index (κ2) is 7.01. The Morgan fingerprint density at radius 1 is 1.31 bits per heavy atom. The fourth-order valence-corrected chi connectivity index (χ4v) is 4.40. The molecule has 1 N–H and O–H groups in total. The molecule has 26 heavy (non-hydrogen) atoms. The van der Waals surface area contributed by atoms with Gasteiger partial charge in [-0.15, -0.1) is 11.3 Å². The molecule has 4 rings (SSSR count). The van der Waals surface area contributed by atoms with E-state index in [-0.39, 0.29) is 11.8 Å². The highest BCUT2D eigenvalue weighted by atomic mass is 32.1. The third-order valence-electron chi connectivity index (χ3n) is 4.52. The molecule has 0 fully saturated rings. The molecule has 0 saturated carbocycles. The van der Waals surface area contributed by atoms with E-state index in [2.05, 4.69) is 15.7 Å². The summed E-state index contributed by atoms with van der Waals surface area (Å²) < 4.78 is 0. The highest BCUT2D eigenvalue weighted by Crippen LogP contribution is 2.31. The molecule has 1 aromatic carbocycles. The summed E-state index contributed by atoms with van der Waals surface area (Å²) in [5.74, 6) is -0.278. The van der Waals surface area contributed by atoms with Crippen LogP contribution in [0.5, 0.6) is 0 Å². The standard InChI is InChI=1S/C19H17N3O2S2/c1-2-16(17(23)21-19-20-6-8-26-19)22-10-13-4-3-12(9-15(13)18(22)24)14-5-7-25-11-14/h3-9,11,16H,2,10H2,1H3,(H,20,21,23)/t16-/m1/s1. The summed E-state index contributed by atoms with van der Waals surface area (Å²) in [6.45, 7) is 2.38. The lowest BCUT2D eigenvalue weighted by atomic mass is 10.0. The number of anilines is 1. The van der Waals surface area contributed by atoms with Crippen molar-refractivity contribution in [2.45, 2.75) is 25.9 Å². The molecule has 2 aromatic heterocycles. The van der Waals surface area contributed by atoms with Crippen molar-refractivity contribution in [1.82, 2.24) is 9.88 Å². The highest BCUT2D eigenvalue weighted by molar-refractivity contribution is 7.13. The molecule has 3 aromatic rings. The molecule has 1 aliphatic rings. The Hall–Kier alpha value is -2.51. The first-order chi connectivity index (χ1) is 12.7. The van der Waals surface area contributed by atoms with Crippen LogP contribution in [0.15, 0.2) is 46.6 Å². The third-order valence-corrected chi connectivity index (χ3v) is 5.90. The number of thiazole rings is 1. The van der Waals surface area contributed by atoms with Gasteiger partial charge in [0, 0.05) is 23.7 Å². The van der Waals surface area contributed by atoms with Crippen molar-refractivity contribution < 1.29 is 9.59 Å². The molecule has 0 bridgehead atoms. The van der Waals surface area contributed by atoms with Gasteiger partial charge in [-0.2, -0.15) is 11.3 Å². The topological polar surface area (TPSA) is 62.3 Å². The molecular formula is C19H17N3O2S2. The number of fused-ring (bicyclic) bond motifs is 1. The van der Waals surface area contributed by atoms with Gasteiger partial charge in [-0.05, 0) is 46.0 Å². The van der Waals surface area contributed by atoms with Gasteiger partial charge in [-0.25, -0.2) is 4.98 Å². The average molecular weight is 383 g/mol. The maximum Gasteiger partial charge on any atom is 0.255 e. The zero-order valence-electron chi connectivity index (χ0n) is 14.1. The quantitative estimate of drug-likeness (QED) is 0.717. The van der Waals surface area contributed by atoms with Crippen LogP contribution in [-0.4, -0.2) is 27.7 Å². The molecular weight excluding hydrogens is 366 g/mol. The van der Waals surface area contributed by atoms with E-state index in [4.69, 9.17) is 0 Å². The number of rotatable bonds is 5. The molecule has 0 aliphatic carbocycles. The van der Waals surface area contributed by atoms with Gasteiger partial charge < -0.3 is 10.2 Å². The van der Waals surface area contributed by atoms with E-state index in [0.29, 0.717) is 23.7 Å². The first kappa shape index (κ1) is 16.9. The number of amides is 2. The van der Waals surface area contributed by atoms with Crippen LogP contribution in [0, 0.1) is 0 Å². The van der Waals surface area contributed by atoms with Gasteiger partial charge in [-0.1, -0.05) is 19.1 Å². The Morgan fingerprint density at radius 2 is 2.19 bits per heavy atom. The van der Waals surface area contributed by atoms with Crippen molar-refractivity contribution >= 4 is 39.6 Å². The van der Waals surface area contributed by atoms with Gasteiger partial charge in [-0.3, -0.25) is 9.59 Å². The molecule has 0 spiro atoms. The summed E-state index contributed by atoms with van der Waals surface area (Å²) >= 11 is 2.99. The maximum absolute atomic E-state index is 13.0. The van der Waals surface area contributed by atoms with Crippen molar-refractivity contribution in [3.8, 4) is 11.1 Å². The number of aromatic nitrogens is 1. The number of nitrogens with one attached hydrogen (secondary N) is 1. The number of benzene rings is 1. The van der Waals surface area contributed by atoms with Crippen molar-refractivity contribution in [1.29, 1.82) is 0 Å². The van der Waals surface area contributed by atoms with Crippen LogP contribution < -0.4 is 5.32 Å². The van der Waals surface area contributed by atoms with Crippen LogP contribution in [0.3, 0.4) is 0 Å². The summed E-state index contributed by atoms with van der Waals surface area (Å²) in [7, 11) is 0. The van der Waals surface area contributed by atoms with Crippen LogP contribution >= 0.6 is 22.7 Å². The minimum absolute atomic E-state index is 0.0850. The second-order valence-electron chi connectivity index (χ2n) is 6.07. The van der Waals surface area contributed by atoms with Crippen LogP contribution in [0.1, 0.15) is 29.3 Å². The molecule has 1 aliphatic heterocycles. The first-order valence-corrected chi connectivity index (χ1v) is 10.2. The third kappa shape index (κ3) is 3.04. The predicted octanol–water partition coefficient (Wildman–Crippen LogP) is 4.24. The minimum Gasteiger partial charge on any atom is -0.322 e. The van der Waals surface area contributed by atoms with Gasteiger partial charge in [0.2, 0.25) is 5.91 Å². The largest absolute Gasteiger partial charge is 0.322 e. The van der Waals surface area contributed by atoms with Crippen molar-refractivity contribution in [2.75, 3.05) is 5.32 Å². The van der Waals surface area contributed by atoms with Crippen LogP contribution in [0.2, 0.25) is 0 Å². The summed E-state index contributed by atoms with van der Waals surface area (Å²) in [6.07, 6.45) is 2.19. The number of hydrogen-bond donors (Lipinski definition) is 1. The first-order valence-electron chi connectivity index (χ1n) is 8.34. The summed E-state index contributed by atoms with van der Waals surface area (Å²) in [6, 6.07) is 7.49. The Bertz CT molecular complexity index is 936. The summed E-state index contributed by atoms with van der Waals surface area (Å²) in [5, 5.41) is 9.25. The molecule has 132 valence electrons. The summed E-state index contributed by atoms with van der Waals surface area (Å²) in [5.41, 5.74) is 3.79. The average Bonchev–Trinajstić information content (AvgIpc) is 3.38. The number of carbonyl (C=O) groups excluding carboxylic acids is 2. The molecule has 0 unspecified atom stereocenters. The van der Waals surface area contributed by atoms with E-state index in [1.165, 1.54) is 11.3 Å². The fourth-order valence-electron chi connectivity index (χ4n) is 3.20. The molecule has 5 nitrogen and oxygen atoms in total. The smallest absolute Gasteiger partial charge is 0.255 e. The Kier molecular flexibility index (Phi) is 4.57. The predicted molar refractivity (Wildman–Crippen MR) is 104 cm³/mol.